The first-order chi connectivity index (χ1) is 7.47. The zero-order valence-electron chi connectivity index (χ0n) is 10.9. The minimum atomic E-state index is 0.292. The lowest BCUT2D eigenvalue weighted by Crippen LogP contribution is -2.02. The molecule has 0 aliphatic heterocycles. The molecule has 0 radical (unpaired) electrons. The SMILES string of the molecule is CC(C)(C)/C=C/CCCC1=CC(=O)CCC1. The Kier molecular flexibility index (Phi) is 4.98. The molecule has 0 bridgehead atoms. The van der Waals surface area contributed by atoms with Crippen LogP contribution in [0.4, 0.5) is 0 Å². The van der Waals surface area contributed by atoms with Crippen LogP contribution in [0.15, 0.2) is 23.8 Å². The largest absolute Gasteiger partial charge is 0.295 e. The van der Waals surface area contributed by atoms with Crippen molar-refractivity contribution in [2.75, 3.05) is 0 Å². The first kappa shape index (κ1) is 13.2. The molecule has 0 N–H and O–H groups in total. The number of allylic oxidation sites excluding steroid dienone is 4. The molecule has 0 amide bonds. The molecule has 1 aliphatic rings. The third kappa shape index (κ3) is 5.89. The molecular weight excluding hydrogens is 196 g/mol. The zero-order chi connectivity index (χ0) is 12.0. The summed E-state index contributed by atoms with van der Waals surface area (Å²) in [5.74, 6) is 0.325. The molecule has 1 rings (SSSR count). The van der Waals surface area contributed by atoms with Gasteiger partial charge in [-0.05, 0) is 43.6 Å². The lowest BCUT2D eigenvalue weighted by atomic mass is 9.93. The van der Waals surface area contributed by atoms with E-state index in [1.165, 1.54) is 12.0 Å². The van der Waals surface area contributed by atoms with Gasteiger partial charge >= 0.3 is 0 Å². The number of hydrogen-bond donors (Lipinski definition) is 0. The Bertz CT molecular complexity index is 289. The first-order valence-corrected chi connectivity index (χ1v) is 6.37. The van der Waals surface area contributed by atoms with E-state index < -0.39 is 0 Å². The van der Waals surface area contributed by atoms with E-state index in [4.69, 9.17) is 0 Å². The van der Waals surface area contributed by atoms with E-state index in [-0.39, 0.29) is 0 Å². The van der Waals surface area contributed by atoms with Gasteiger partial charge in [-0.15, -0.1) is 0 Å². The molecule has 0 aromatic rings. The number of ketones is 1. The molecule has 0 saturated carbocycles. The summed E-state index contributed by atoms with van der Waals surface area (Å²) in [6.07, 6.45) is 12.8. The highest BCUT2D eigenvalue weighted by atomic mass is 16.1. The summed E-state index contributed by atoms with van der Waals surface area (Å²) < 4.78 is 0. The Morgan fingerprint density at radius 1 is 1.31 bits per heavy atom. The summed E-state index contributed by atoms with van der Waals surface area (Å²) in [6, 6.07) is 0. The fraction of sp³-hybridized carbons (Fsp3) is 0.667. The van der Waals surface area contributed by atoms with Crippen molar-refractivity contribution in [2.45, 2.75) is 59.3 Å². The summed E-state index contributed by atoms with van der Waals surface area (Å²) in [5.41, 5.74) is 1.65. The van der Waals surface area contributed by atoms with Crippen LogP contribution in [0.1, 0.15) is 59.3 Å². The number of hydrogen-bond acceptors (Lipinski definition) is 1. The first-order valence-electron chi connectivity index (χ1n) is 6.37. The van der Waals surface area contributed by atoms with E-state index in [0.717, 1.165) is 32.1 Å². The summed E-state index contributed by atoms with van der Waals surface area (Å²) in [5, 5.41) is 0. The van der Waals surface area contributed by atoms with E-state index in [1.807, 2.05) is 6.08 Å². The third-order valence-electron chi connectivity index (χ3n) is 2.77. The van der Waals surface area contributed by atoms with Crippen molar-refractivity contribution >= 4 is 5.78 Å². The average molecular weight is 220 g/mol. The van der Waals surface area contributed by atoms with Crippen molar-refractivity contribution < 1.29 is 4.79 Å². The van der Waals surface area contributed by atoms with Crippen molar-refractivity contribution in [3.05, 3.63) is 23.8 Å². The van der Waals surface area contributed by atoms with Crippen molar-refractivity contribution in [1.29, 1.82) is 0 Å². The Hall–Kier alpha value is -0.850. The fourth-order valence-corrected chi connectivity index (χ4v) is 1.94. The van der Waals surface area contributed by atoms with Gasteiger partial charge in [0.15, 0.2) is 5.78 Å². The van der Waals surface area contributed by atoms with Gasteiger partial charge in [0.05, 0.1) is 0 Å². The van der Waals surface area contributed by atoms with Crippen LogP contribution >= 0.6 is 0 Å². The van der Waals surface area contributed by atoms with Crippen LogP contribution < -0.4 is 0 Å². The predicted octanol–water partition coefficient (Wildman–Crippen LogP) is 4.44. The molecule has 16 heavy (non-hydrogen) atoms. The van der Waals surface area contributed by atoms with Crippen molar-refractivity contribution in [1.82, 2.24) is 0 Å². The maximum absolute atomic E-state index is 11.2. The van der Waals surface area contributed by atoms with E-state index in [1.54, 1.807) is 0 Å². The molecule has 0 aromatic heterocycles. The van der Waals surface area contributed by atoms with Crippen LogP contribution in [0.5, 0.6) is 0 Å². The summed E-state index contributed by atoms with van der Waals surface area (Å²) in [6.45, 7) is 6.64. The second-order valence-electron chi connectivity index (χ2n) is 5.78. The van der Waals surface area contributed by atoms with Gasteiger partial charge in [0.2, 0.25) is 0 Å². The molecular formula is C15H24O. The Balaban J connectivity index is 2.21. The van der Waals surface area contributed by atoms with E-state index >= 15 is 0 Å². The summed E-state index contributed by atoms with van der Waals surface area (Å²) in [7, 11) is 0. The van der Waals surface area contributed by atoms with Gasteiger partial charge in [0, 0.05) is 6.42 Å². The molecule has 90 valence electrons. The standard InChI is InChI=1S/C15H24O/c1-15(2,3)11-6-4-5-8-13-9-7-10-14(16)12-13/h6,11-12H,4-5,7-10H2,1-3H3/b11-6+. The number of carbonyl (C=O) groups is 1. The molecule has 0 aromatic carbocycles. The van der Waals surface area contributed by atoms with Gasteiger partial charge < -0.3 is 0 Å². The molecule has 0 unspecified atom stereocenters. The smallest absolute Gasteiger partial charge is 0.155 e. The Morgan fingerprint density at radius 3 is 2.69 bits per heavy atom. The minimum Gasteiger partial charge on any atom is -0.295 e. The maximum Gasteiger partial charge on any atom is 0.155 e. The van der Waals surface area contributed by atoms with Gasteiger partial charge in [-0.2, -0.15) is 0 Å². The number of carbonyl (C=O) groups excluding carboxylic acids is 1. The third-order valence-corrected chi connectivity index (χ3v) is 2.77. The van der Waals surface area contributed by atoms with Crippen molar-refractivity contribution in [2.24, 2.45) is 5.41 Å². The lowest BCUT2D eigenvalue weighted by molar-refractivity contribution is -0.115. The Labute approximate surface area is 99.6 Å². The summed E-state index contributed by atoms with van der Waals surface area (Å²) in [4.78, 5) is 11.2. The number of unbranched alkanes of at least 4 members (excludes halogenated alkanes) is 1. The molecule has 0 fully saturated rings. The zero-order valence-corrected chi connectivity index (χ0v) is 10.9. The molecule has 1 heteroatoms. The fourth-order valence-electron chi connectivity index (χ4n) is 1.94. The van der Waals surface area contributed by atoms with Gasteiger partial charge in [0.25, 0.3) is 0 Å². The van der Waals surface area contributed by atoms with Gasteiger partial charge in [0.1, 0.15) is 0 Å². The molecule has 0 atom stereocenters. The normalized spacial score (nSPS) is 17.9. The molecule has 0 heterocycles. The van der Waals surface area contributed by atoms with Crippen LogP contribution in [0.25, 0.3) is 0 Å². The second kappa shape index (κ2) is 6.03. The molecule has 1 nitrogen and oxygen atoms in total. The van der Waals surface area contributed by atoms with Crippen LogP contribution in [-0.4, -0.2) is 5.78 Å². The second-order valence-corrected chi connectivity index (χ2v) is 5.78. The van der Waals surface area contributed by atoms with Crippen molar-refractivity contribution in [3.63, 3.8) is 0 Å². The Morgan fingerprint density at radius 2 is 2.06 bits per heavy atom. The highest BCUT2D eigenvalue weighted by Crippen LogP contribution is 2.21. The maximum atomic E-state index is 11.2. The van der Waals surface area contributed by atoms with Crippen molar-refractivity contribution in [3.8, 4) is 0 Å². The topological polar surface area (TPSA) is 17.1 Å². The molecule has 0 spiro atoms. The predicted molar refractivity (Wildman–Crippen MR) is 69.4 cm³/mol. The number of rotatable bonds is 4. The minimum absolute atomic E-state index is 0.292. The molecule has 1 aliphatic carbocycles. The highest BCUT2D eigenvalue weighted by molar-refractivity contribution is 5.91. The van der Waals surface area contributed by atoms with E-state index in [2.05, 4.69) is 32.9 Å². The highest BCUT2D eigenvalue weighted by Gasteiger charge is 2.09. The summed E-state index contributed by atoms with van der Waals surface area (Å²) >= 11 is 0. The average Bonchev–Trinajstić information content (AvgIpc) is 2.15. The molecule has 0 saturated heterocycles. The monoisotopic (exact) mass is 220 g/mol. The van der Waals surface area contributed by atoms with Gasteiger partial charge in [-0.3, -0.25) is 4.79 Å². The van der Waals surface area contributed by atoms with Gasteiger partial charge in [-0.25, -0.2) is 0 Å². The lowest BCUT2D eigenvalue weighted by Gasteiger charge is -2.12. The van der Waals surface area contributed by atoms with Crippen LogP contribution in [-0.2, 0) is 4.79 Å². The van der Waals surface area contributed by atoms with Crippen LogP contribution in [0, 0.1) is 5.41 Å². The quantitative estimate of drug-likeness (QED) is 0.505. The van der Waals surface area contributed by atoms with E-state index in [9.17, 15) is 4.79 Å². The van der Waals surface area contributed by atoms with Crippen LogP contribution in [0.3, 0.4) is 0 Å². The van der Waals surface area contributed by atoms with Gasteiger partial charge in [-0.1, -0.05) is 38.5 Å². The van der Waals surface area contributed by atoms with Crippen LogP contribution in [0.2, 0.25) is 0 Å². The van der Waals surface area contributed by atoms with E-state index in [0.29, 0.717) is 11.2 Å².